The van der Waals surface area contributed by atoms with Gasteiger partial charge in [0.2, 0.25) is 0 Å². The molecular formula is C20H24ClN3O3. The smallest absolute Gasteiger partial charge is 0.303 e. The second kappa shape index (κ2) is 8.13. The molecule has 1 saturated heterocycles. The molecule has 1 N–H and O–H groups in total. The summed E-state index contributed by atoms with van der Waals surface area (Å²) < 4.78 is 1.82. The van der Waals surface area contributed by atoms with Crippen LogP contribution in [0.25, 0.3) is 0 Å². The maximum Gasteiger partial charge on any atom is 0.303 e. The molecule has 1 aromatic carbocycles. The lowest BCUT2D eigenvalue weighted by molar-refractivity contribution is -0.138. The number of nitrogens with zero attached hydrogens (tertiary/aromatic N) is 3. The van der Waals surface area contributed by atoms with Crippen molar-refractivity contribution >= 4 is 23.5 Å². The van der Waals surface area contributed by atoms with Gasteiger partial charge in [0, 0.05) is 30.2 Å². The predicted octanol–water partition coefficient (Wildman–Crippen LogP) is 3.53. The van der Waals surface area contributed by atoms with E-state index >= 15 is 0 Å². The van der Waals surface area contributed by atoms with Gasteiger partial charge in [0.1, 0.15) is 0 Å². The van der Waals surface area contributed by atoms with Crippen molar-refractivity contribution in [1.82, 2.24) is 14.7 Å². The molecule has 144 valence electrons. The van der Waals surface area contributed by atoms with Crippen molar-refractivity contribution in [2.45, 2.75) is 39.7 Å². The largest absolute Gasteiger partial charge is 0.481 e. The molecule has 6 nitrogen and oxygen atoms in total. The lowest BCUT2D eigenvalue weighted by Crippen LogP contribution is -2.39. The molecule has 0 aliphatic carbocycles. The first-order valence-corrected chi connectivity index (χ1v) is 9.53. The Morgan fingerprint density at radius 3 is 2.52 bits per heavy atom. The van der Waals surface area contributed by atoms with Gasteiger partial charge < -0.3 is 10.0 Å². The molecule has 0 bridgehead atoms. The first-order valence-electron chi connectivity index (χ1n) is 9.15. The Morgan fingerprint density at radius 2 is 1.89 bits per heavy atom. The third-order valence-corrected chi connectivity index (χ3v) is 5.61. The van der Waals surface area contributed by atoms with Crippen LogP contribution in [0.4, 0.5) is 0 Å². The molecular weight excluding hydrogens is 366 g/mol. The van der Waals surface area contributed by atoms with Gasteiger partial charge in [-0.05, 0) is 44.2 Å². The Kier molecular flexibility index (Phi) is 5.85. The lowest BCUT2D eigenvalue weighted by Gasteiger charge is -2.31. The van der Waals surface area contributed by atoms with Gasteiger partial charge >= 0.3 is 5.97 Å². The molecule has 27 heavy (non-hydrogen) atoms. The molecule has 0 radical (unpaired) electrons. The molecule has 1 aliphatic heterocycles. The zero-order chi connectivity index (χ0) is 19.6. The van der Waals surface area contributed by atoms with E-state index in [-0.39, 0.29) is 18.2 Å². The fourth-order valence-corrected chi connectivity index (χ4v) is 3.89. The number of hydrogen-bond donors (Lipinski definition) is 1. The average Bonchev–Trinajstić information content (AvgIpc) is 2.90. The van der Waals surface area contributed by atoms with Gasteiger partial charge in [0.05, 0.1) is 17.8 Å². The number of aliphatic carboxylic acids is 1. The number of carboxylic acids is 1. The van der Waals surface area contributed by atoms with Crippen LogP contribution in [0, 0.1) is 19.8 Å². The van der Waals surface area contributed by atoms with E-state index in [0.717, 1.165) is 24.1 Å². The Balaban J connectivity index is 1.74. The number of carbonyl (C=O) groups excluding carboxylic acids is 1. The number of piperidine rings is 1. The SMILES string of the molecule is Cc1nn(Cc2ccccc2Cl)c(C)c1C(=O)N1CCC(CC(=O)O)CC1. The average molecular weight is 390 g/mol. The van der Waals surface area contributed by atoms with Crippen molar-refractivity contribution in [2.24, 2.45) is 5.92 Å². The molecule has 0 saturated carbocycles. The zero-order valence-electron chi connectivity index (χ0n) is 15.6. The van der Waals surface area contributed by atoms with Crippen molar-refractivity contribution in [3.05, 3.63) is 51.8 Å². The van der Waals surface area contributed by atoms with Crippen LogP contribution in [0.1, 0.15) is 46.6 Å². The van der Waals surface area contributed by atoms with E-state index in [4.69, 9.17) is 16.7 Å². The lowest BCUT2D eigenvalue weighted by atomic mass is 9.93. The fourth-order valence-electron chi connectivity index (χ4n) is 3.69. The minimum absolute atomic E-state index is 0.0239. The molecule has 0 unspecified atom stereocenters. The monoisotopic (exact) mass is 389 g/mol. The summed E-state index contributed by atoms with van der Waals surface area (Å²) in [5.41, 5.74) is 3.12. The van der Waals surface area contributed by atoms with Crippen LogP contribution in [0.3, 0.4) is 0 Å². The second-order valence-corrected chi connectivity index (χ2v) is 7.54. The van der Waals surface area contributed by atoms with Crippen LogP contribution in [0.5, 0.6) is 0 Å². The number of halogens is 1. The van der Waals surface area contributed by atoms with E-state index in [1.54, 1.807) is 0 Å². The van der Waals surface area contributed by atoms with E-state index in [1.165, 1.54) is 0 Å². The van der Waals surface area contributed by atoms with E-state index in [1.807, 2.05) is 47.7 Å². The van der Waals surface area contributed by atoms with Crippen LogP contribution in [0.15, 0.2) is 24.3 Å². The third-order valence-electron chi connectivity index (χ3n) is 5.24. The predicted molar refractivity (Wildman–Crippen MR) is 103 cm³/mol. The Labute approximate surface area is 163 Å². The van der Waals surface area contributed by atoms with E-state index in [2.05, 4.69) is 5.10 Å². The summed E-state index contributed by atoms with van der Waals surface area (Å²) >= 11 is 6.25. The molecule has 1 fully saturated rings. The number of aromatic nitrogens is 2. The van der Waals surface area contributed by atoms with E-state index in [9.17, 15) is 9.59 Å². The van der Waals surface area contributed by atoms with Gasteiger partial charge in [-0.25, -0.2) is 0 Å². The molecule has 7 heteroatoms. The number of carbonyl (C=O) groups is 2. The Hall–Kier alpha value is -2.34. The normalized spacial score (nSPS) is 15.1. The third kappa shape index (κ3) is 4.33. The molecule has 2 aromatic rings. The number of hydrogen-bond acceptors (Lipinski definition) is 3. The minimum Gasteiger partial charge on any atom is -0.481 e. The highest BCUT2D eigenvalue weighted by molar-refractivity contribution is 6.31. The summed E-state index contributed by atoms with van der Waals surface area (Å²) in [4.78, 5) is 25.7. The summed E-state index contributed by atoms with van der Waals surface area (Å²) in [5, 5.41) is 14.2. The first kappa shape index (κ1) is 19.4. The Morgan fingerprint density at radius 1 is 1.22 bits per heavy atom. The van der Waals surface area contributed by atoms with Crippen molar-refractivity contribution in [2.75, 3.05) is 13.1 Å². The van der Waals surface area contributed by atoms with Crippen molar-refractivity contribution in [3.8, 4) is 0 Å². The number of aryl methyl sites for hydroxylation is 1. The van der Waals surface area contributed by atoms with Gasteiger partial charge in [-0.1, -0.05) is 29.8 Å². The number of benzene rings is 1. The summed E-state index contributed by atoms with van der Waals surface area (Å²) in [7, 11) is 0. The van der Waals surface area contributed by atoms with Gasteiger partial charge in [0.25, 0.3) is 5.91 Å². The minimum atomic E-state index is -0.771. The Bertz CT molecular complexity index is 854. The maximum absolute atomic E-state index is 13.0. The van der Waals surface area contributed by atoms with Gasteiger partial charge in [-0.15, -0.1) is 0 Å². The van der Waals surface area contributed by atoms with E-state index in [0.29, 0.717) is 35.9 Å². The molecule has 1 aromatic heterocycles. The maximum atomic E-state index is 13.0. The highest BCUT2D eigenvalue weighted by Crippen LogP contribution is 2.25. The molecule has 1 aliphatic rings. The quantitative estimate of drug-likeness (QED) is 0.848. The summed E-state index contributed by atoms with van der Waals surface area (Å²) in [6.07, 6.45) is 1.63. The molecule has 1 amide bonds. The van der Waals surface area contributed by atoms with Crippen LogP contribution >= 0.6 is 11.6 Å². The van der Waals surface area contributed by atoms with Crippen LogP contribution in [-0.2, 0) is 11.3 Å². The standard InChI is InChI=1S/C20H24ClN3O3/c1-13-19(20(27)23-9-7-15(8-10-23)11-18(25)26)14(2)24(22-13)12-16-5-3-4-6-17(16)21/h3-6,15H,7-12H2,1-2H3,(H,25,26). The highest BCUT2D eigenvalue weighted by Gasteiger charge is 2.28. The van der Waals surface area contributed by atoms with Crippen LogP contribution in [0.2, 0.25) is 5.02 Å². The summed E-state index contributed by atoms with van der Waals surface area (Å²) in [5.74, 6) is -0.645. The van der Waals surface area contributed by atoms with E-state index < -0.39 is 5.97 Å². The number of carboxylic acid groups (broad SMARTS) is 1. The summed E-state index contributed by atoms with van der Waals surface area (Å²) in [6, 6.07) is 7.61. The zero-order valence-corrected chi connectivity index (χ0v) is 16.4. The highest BCUT2D eigenvalue weighted by atomic mass is 35.5. The van der Waals surface area contributed by atoms with Crippen LogP contribution < -0.4 is 0 Å². The first-order chi connectivity index (χ1) is 12.9. The number of rotatable bonds is 5. The van der Waals surface area contributed by atoms with Gasteiger partial charge in [-0.3, -0.25) is 14.3 Å². The van der Waals surface area contributed by atoms with Gasteiger partial charge in [0.15, 0.2) is 0 Å². The van der Waals surface area contributed by atoms with Crippen molar-refractivity contribution in [1.29, 1.82) is 0 Å². The molecule has 0 atom stereocenters. The summed E-state index contributed by atoms with van der Waals surface area (Å²) in [6.45, 7) is 5.44. The second-order valence-electron chi connectivity index (χ2n) is 7.13. The van der Waals surface area contributed by atoms with Crippen molar-refractivity contribution < 1.29 is 14.7 Å². The fraction of sp³-hybridized carbons (Fsp3) is 0.450. The number of amides is 1. The van der Waals surface area contributed by atoms with Gasteiger partial charge in [-0.2, -0.15) is 5.10 Å². The molecule has 2 heterocycles. The number of likely N-dealkylation sites (tertiary alicyclic amines) is 1. The molecule has 0 spiro atoms. The topological polar surface area (TPSA) is 75.4 Å². The van der Waals surface area contributed by atoms with Crippen molar-refractivity contribution in [3.63, 3.8) is 0 Å². The van der Waals surface area contributed by atoms with Crippen LogP contribution in [-0.4, -0.2) is 44.8 Å². The molecule has 3 rings (SSSR count).